The Morgan fingerprint density at radius 2 is 1.85 bits per heavy atom. The van der Waals surface area contributed by atoms with Gasteiger partial charge in [0.1, 0.15) is 0 Å². The Bertz CT molecular complexity index is 565. The van der Waals surface area contributed by atoms with E-state index >= 15 is 0 Å². The molecule has 1 aromatic heterocycles. The highest BCUT2D eigenvalue weighted by molar-refractivity contribution is 9.11. The Balaban J connectivity index is 2.23. The van der Waals surface area contributed by atoms with E-state index in [-0.39, 0.29) is 0 Å². The number of likely N-dealkylation sites (N-methyl/N-ethyl adjacent to an activating group) is 1. The number of aryl methyl sites for hydroxylation is 1. The molecular weight excluding hydrogens is 398 g/mol. The monoisotopic (exact) mass is 415 g/mol. The van der Waals surface area contributed by atoms with Crippen LogP contribution in [-0.2, 0) is 12.8 Å². The molecule has 0 spiro atoms. The van der Waals surface area contributed by atoms with Crippen LogP contribution in [0, 0.1) is 0 Å². The topological polar surface area (TPSA) is 12.0 Å². The van der Waals surface area contributed by atoms with Gasteiger partial charge in [-0.3, -0.25) is 0 Å². The maximum atomic E-state index is 3.68. The summed E-state index contributed by atoms with van der Waals surface area (Å²) in [6.45, 7) is 5.34. The van der Waals surface area contributed by atoms with Crippen molar-refractivity contribution in [3.63, 3.8) is 0 Å². The zero-order valence-corrected chi connectivity index (χ0v) is 15.7. The van der Waals surface area contributed by atoms with Gasteiger partial charge in [-0.05, 0) is 48.9 Å². The lowest BCUT2D eigenvalue weighted by Crippen LogP contribution is -2.23. The smallest absolute Gasteiger partial charge is 0.0380 e. The lowest BCUT2D eigenvalue weighted by Gasteiger charge is -2.19. The molecule has 1 aromatic carbocycles. The first-order chi connectivity index (χ1) is 9.63. The summed E-state index contributed by atoms with van der Waals surface area (Å²) in [6.07, 6.45) is 2.16. The molecule has 0 fully saturated rings. The van der Waals surface area contributed by atoms with Crippen LogP contribution in [0.3, 0.4) is 0 Å². The van der Waals surface area contributed by atoms with Crippen molar-refractivity contribution in [1.82, 2.24) is 5.32 Å². The quantitative estimate of drug-likeness (QED) is 0.633. The van der Waals surface area contributed by atoms with E-state index in [2.05, 4.69) is 81.4 Å². The lowest BCUT2D eigenvalue weighted by molar-refractivity contribution is 0.551. The number of halogens is 2. The maximum absolute atomic E-state index is 3.68. The van der Waals surface area contributed by atoms with Crippen LogP contribution in [-0.4, -0.2) is 6.54 Å². The third kappa shape index (κ3) is 4.17. The van der Waals surface area contributed by atoms with Crippen LogP contribution in [0.25, 0.3) is 0 Å². The van der Waals surface area contributed by atoms with Gasteiger partial charge in [-0.1, -0.05) is 45.7 Å². The highest BCUT2D eigenvalue weighted by atomic mass is 79.9. The van der Waals surface area contributed by atoms with Crippen molar-refractivity contribution in [1.29, 1.82) is 0 Å². The molecule has 0 saturated carbocycles. The van der Waals surface area contributed by atoms with Gasteiger partial charge in [-0.25, -0.2) is 0 Å². The minimum Gasteiger partial charge on any atom is -0.310 e. The van der Waals surface area contributed by atoms with Gasteiger partial charge in [0.15, 0.2) is 0 Å². The van der Waals surface area contributed by atoms with E-state index in [0.29, 0.717) is 6.04 Å². The van der Waals surface area contributed by atoms with Crippen LogP contribution in [0.15, 0.2) is 39.3 Å². The van der Waals surface area contributed by atoms with Gasteiger partial charge in [0.25, 0.3) is 0 Å². The predicted molar refractivity (Wildman–Crippen MR) is 95.7 cm³/mol. The standard InChI is InChI=1S/C16H19Br2NS/c1-3-12-6-7-13(20-12)10-16(19-4-2)14-9-11(17)5-8-15(14)18/h5-9,16,19H,3-4,10H2,1-2H3. The minimum atomic E-state index is 0.343. The first-order valence-corrected chi connectivity index (χ1v) is 9.30. The van der Waals surface area contributed by atoms with Crippen molar-refractivity contribution in [2.75, 3.05) is 6.54 Å². The van der Waals surface area contributed by atoms with Gasteiger partial charge >= 0.3 is 0 Å². The normalized spacial score (nSPS) is 12.6. The Labute approximate surface area is 142 Å². The summed E-state index contributed by atoms with van der Waals surface area (Å²) in [5, 5.41) is 3.60. The maximum Gasteiger partial charge on any atom is 0.0380 e. The molecule has 0 bridgehead atoms. The molecule has 0 aliphatic rings. The summed E-state index contributed by atoms with van der Waals surface area (Å²) in [6, 6.07) is 11.2. The fourth-order valence-corrected chi connectivity index (χ4v) is 4.15. The molecule has 0 aliphatic heterocycles. The third-order valence-electron chi connectivity index (χ3n) is 3.26. The molecule has 0 radical (unpaired) electrons. The lowest BCUT2D eigenvalue weighted by atomic mass is 10.0. The molecule has 20 heavy (non-hydrogen) atoms. The Hall–Kier alpha value is -0.160. The highest BCUT2D eigenvalue weighted by Crippen LogP contribution is 2.30. The van der Waals surface area contributed by atoms with Gasteiger partial charge in [-0.15, -0.1) is 11.3 Å². The van der Waals surface area contributed by atoms with Gasteiger partial charge in [0, 0.05) is 31.2 Å². The summed E-state index contributed by atoms with van der Waals surface area (Å²) in [5.41, 5.74) is 1.31. The van der Waals surface area contributed by atoms with Crippen molar-refractivity contribution in [2.45, 2.75) is 32.7 Å². The van der Waals surface area contributed by atoms with Crippen LogP contribution in [0.2, 0.25) is 0 Å². The van der Waals surface area contributed by atoms with Crippen LogP contribution in [0.5, 0.6) is 0 Å². The average molecular weight is 417 g/mol. The first kappa shape index (κ1) is 16.2. The van der Waals surface area contributed by atoms with Crippen LogP contribution < -0.4 is 5.32 Å². The second-order valence-corrected chi connectivity index (χ2v) is 7.72. The molecule has 0 saturated heterocycles. The number of hydrogen-bond donors (Lipinski definition) is 1. The molecule has 1 nitrogen and oxygen atoms in total. The second-order valence-electron chi connectivity index (χ2n) is 4.70. The molecule has 0 aliphatic carbocycles. The van der Waals surface area contributed by atoms with Gasteiger partial charge in [0.05, 0.1) is 0 Å². The first-order valence-electron chi connectivity index (χ1n) is 6.90. The molecular formula is C16H19Br2NS. The molecule has 108 valence electrons. The molecule has 1 unspecified atom stereocenters. The molecule has 1 atom stereocenters. The van der Waals surface area contributed by atoms with E-state index in [4.69, 9.17) is 0 Å². The summed E-state index contributed by atoms with van der Waals surface area (Å²) < 4.78 is 2.29. The fraction of sp³-hybridized carbons (Fsp3) is 0.375. The van der Waals surface area contributed by atoms with E-state index in [1.165, 1.54) is 19.8 Å². The Morgan fingerprint density at radius 1 is 1.10 bits per heavy atom. The SMILES string of the molecule is CCNC(Cc1ccc(CC)s1)c1cc(Br)ccc1Br. The number of thiophene rings is 1. The van der Waals surface area contributed by atoms with Gasteiger partial charge in [0.2, 0.25) is 0 Å². The van der Waals surface area contributed by atoms with Crippen LogP contribution >= 0.6 is 43.2 Å². The summed E-state index contributed by atoms with van der Waals surface area (Å²) in [4.78, 5) is 2.91. The number of nitrogens with one attached hydrogen (secondary N) is 1. The predicted octanol–water partition coefficient (Wildman–Crippen LogP) is 5.73. The molecule has 4 heteroatoms. The molecule has 2 rings (SSSR count). The van der Waals surface area contributed by atoms with Crippen molar-refractivity contribution < 1.29 is 0 Å². The number of rotatable bonds is 6. The molecule has 0 amide bonds. The third-order valence-corrected chi connectivity index (χ3v) is 5.72. The van der Waals surface area contributed by atoms with Crippen molar-refractivity contribution >= 4 is 43.2 Å². The molecule has 1 heterocycles. The highest BCUT2D eigenvalue weighted by Gasteiger charge is 2.15. The van der Waals surface area contributed by atoms with Crippen molar-refractivity contribution in [2.24, 2.45) is 0 Å². The van der Waals surface area contributed by atoms with Crippen molar-refractivity contribution in [3.05, 3.63) is 54.6 Å². The van der Waals surface area contributed by atoms with Crippen LogP contribution in [0.4, 0.5) is 0 Å². The number of hydrogen-bond acceptors (Lipinski definition) is 2. The van der Waals surface area contributed by atoms with Gasteiger partial charge < -0.3 is 5.32 Å². The largest absolute Gasteiger partial charge is 0.310 e. The summed E-state index contributed by atoms with van der Waals surface area (Å²) in [7, 11) is 0. The van der Waals surface area contributed by atoms with E-state index in [0.717, 1.165) is 23.9 Å². The summed E-state index contributed by atoms with van der Waals surface area (Å²) >= 11 is 9.17. The number of benzene rings is 1. The van der Waals surface area contributed by atoms with E-state index < -0.39 is 0 Å². The van der Waals surface area contributed by atoms with Crippen LogP contribution in [0.1, 0.15) is 35.2 Å². The summed E-state index contributed by atoms with van der Waals surface area (Å²) in [5.74, 6) is 0. The zero-order chi connectivity index (χ0) is 14.5. The Morgan fingerprint density at radius 3 is 2.50 bits per heavy atom. The second kappa shape index (κ2) is 7.74. The van der Waals surface area contributed by atoms with Crippen molar-refractivity contribution in [3.8, 4) is 0 Å². The fourth-order valence-electron chi connectivity index (χ4n) is 2.24. The van der Waals surface area contributed by atoms with E-state index in [9.17, 15) is 0 Å². The average Bonchev–Trinajstić information content (AvgIpc) is 2.89. The molecule has 2 aromatic rings. The minimum absolute atomic E-state index is 0.343. The van der Waals surface area contributed by atoms with E-state index in [1.54, 1.807) is 0 Å². The zero-order valence-electron chi connectivity index (χ0n) is 11.7. The van der Waals surface area contributed by atoms with E-state index in [1.807, 2.05) is 11.3 Å². The molecule has 1 N–H and O–H groups in total. The Kier molecular flexibility index (Phi) is 6.27. The van der Waals surface area contributed by atoms with Gasteiger partial charge in [-0.2, -0.15) is 0 Å².